The Hall–Kier alpha value is -0.430. The minimum atomic E-state index is 0.275. The summed E-state index contributed by atoms with van der Waals surface area (Å²) in [4.78, 5) is 1.39. The van der Waals surface area contributed by atoms with Crippen LogP contribution in [0, 0.1) is 5.41 Å². The molecule has 1 rings (SSSR count). The molecule has 0 nitrogen and oxygen atoms in total. The highest BCUT2D eigenvalue weighted by Crippen LogP contribution is 2.29. The third kappa shape index (κ3) is 3.38. The van der Waals surface area contributed by atoms with E-state index in [1.807, 2.05) is 11.8 Å². The van der Waals surface area contributed by atoms with E-state index in [0.29, 0.717) is 0 Å². The van der Waals surface area contributed by atoms with Crippen molar-refractivity contribution in [1.82, 2.24) is 0 Å². The molecule has 1 heteroatoms. The maximum Gasteiger partial charge on any atom is 0.00294 e. The molecule has 1 aliphatic rings. The van der Waals surface area contributed by atoms with Crippen molar-refractivity contribution in [3.05, 3.63) is 34.8 Å². The molecule has 0 unspecified atom stereocenters. The Morgan fingerprint density at radius 1 is 1.07 bits per heavy atom. The van der Waals surface area contributed by atoms with Crippen molar-refractivity contribution in [3.63, 3.8) is 0 Å². The Balaban J connectivity index is 2.86. The van der Waals surface area contributed by atoms with Gasteiger partial charge in [0.2, 0.25) is 0 Å². The van der Waals surface area contributed by atoms with Gasteiger partial charge in [0.05, 0.1) is 0 Å². The molecule has 0 amide bonds. The first-order valence-corrected chi connectivity index (χ1v) is 6.39. The zero-order valence-corrected chi connectivity index (χ0v) is 10.4. The van der Waals surface area contributed by atoms with E-state index in [0.717, 1.165) is 0 Å². The van der Waals surface area contributed by atoms with E-state index in [4.69, 9.17) is 0 Å². The summed E-state index contributed by atoms with van der Waals surface area (Å²) in [5, 5.41) is 0. The van der Waals surface area contributed by atoms with Crippen molar-refractivity contribution in [1.29, 1.82) is 0 Å². The number of thioether (sulfide) groups is 1. The maximum absolute atomic E-state index is 2.37. The van der Waals surface area contributed by atoms with Gasteiger partial charge in [-0.2, -0.15) is 0 Å². The van der Waals surface area contributed by atoms with Crippen LogP contribution in [0.4, 0.5) is 0 Å². The molecule has 0 spiro atoms. The van der Waals surface area contributed by atoms with Crippen LogP contribution in [-0.2, 0) is 0 Å². The van der Waals surface area contributed by atoms with Gasteiger partial charge in [0.25, 0.3) is 0 Å². The summed E-state index contributed by atoms with van der Waals surface area (Å²) in [6.07, 6.45) is 13.7. The van der Waals surface area contributed by atoms with Gasteiger partial charge in [0.15, 0.2) is 0 Å². The van der Waals surface area contributed by atoms with Gasteiger partial charge in [-0.15, -0.1) is 11.8 Å². The van der Waals surface area contributed by atoms with Gasteiger partial charge in [-0.1, -0.05) is 39.0 Å². The normalized spacial score (nSPS) is 24.3. The predicted molar refractivity (Wildman–Crippen MR) is 67.5 cm³/mol. The fourth-order valence-corrected chi connectivity index (χ4v) is 1.97. The summed E-state index contributed by atoms with van der Waals surface area (Å²) in [5.41, 5.74) is 1.73. The smallest absolute Gasteiger partial charge is 0.00294 e. The van der Waals surface area contributed by atoms with Crippen LogP contribution in [0.2, 0.25) is 0 Å². The van der Waals surface area contributed by atoms with Crippen molar-refractivity contribution in [2.75, 3.05) is 6.26 Å². The van der Waals surface area contributed by atoms with E-state index < -0.39 is 0 Å². The number of rotatable bonds is 1. The fourth-order valence-electron chi connectivity index (χ4n) is 1.48. The Bertz CT molecular complexity index is 274. The number of allylic oxidation sites excluding steroid dienone is 5. The predicted octanol–water partition coefficient (Wildman–Crippen LogP) is 4.56. The van der Waals surface area contributed by atoms with Crippen LogP contribution in [-0.4, -0.2) is 6.26 Å². The lowest BCUT2D eigenvalue weighted by Crippen LogP contribution is -2.07. The lowest BCUT2D eigenvalue weighted by atomic mass is 9.85. The van der Waals surface area contributed by atoms with E-state index in [1.165, 1.54) is 23.3 Å². The van der Waals surface area contributed by atoms with Crippen molar-refractivity contribution < 1.29 is 0 Å². The van der Waals surface area contributed by atoms with Gasteiger partial charge in [0.1, 0.15) is 0 Å². The molecule has 0 aromatic heterocycles. The third-order valence-electron chi connectivity index (χ3n) is 2.41. The second-order valence-corrected chi connectivity index (χ2v) is 5.51. The van der Waals surface area contributed by atoms with E-state index in [2.05, 4.69) is 51.3 Å². The van der Waals surface area contributed by atoms with Gasteiger partial charge in [-0.25, -0.2) is 0 Å². The Kier molecular flexibility index (Phi) is 4.06. The molecular weight excluding hydrogens is 188 g/mol. The SMILES string of the molecule is CSC1=CCC/C=C(C(C)(C)C)\C=C/1. The van der Waals surface area contributed by atoms with E-state index in [1.54, 1.807) is 0 Å². The van der Waals surface area contributed by atoms with Gasteiger partial charge < -0.3 is 0 Å². The molecule has 0 aromatic carbocycles. The molecule has 0 fully saturated rings. The highest BCUT2D eigenvalue weighted by atomic mass is 32.2. The number of hydrogen-bond acceptors (Lipinski definition) is 1. The zero-order chi connectivity index (χ0) is 10.6. The molecule has 0 radical (unpaired) electrons. The van der Waals surface area contributed by atoms with Crippen LogP contribution >= 0.6 is 11.8 Å². The fraction of sp³-hybridized carbons (Fsp3) is 0.538. The first-order chi connectivity index (χ1) is 6.54. The second-order valence-electron chi connectivity index (χ2n) is 4.63. The Morgan fingerprint density at radius 2 is 1.71 bits per heavy atom. The first-order valence-electron chi connectivity index (χ1n) is 5.17. The van der Waals surface area contributed by atoms with Crippen molar-refractivity contribution in [2.45, 2.75) is 33.6 Å². The van der Waals surface area contributed by atoms with Crippen LogP contribution in [0.5, 0.6) is 0 Å². The number of hydrogen-bond donors (Lipinski definition) is 0. The van der Waals surface area contributed by atoms with E-state index >= 15 is 0 Å². The summed E-state index contributed by atoms with van der Waals surface area (Å²) >= 11 is 1.83. The second kappa shape index (κ2) is 4.88. The molecule has 0 heterocycles. The Morgan fingerprint density at radius 3 is 2.29 bits per heavy atom. The van der Waals surface area contributed by atoms with Crippen LogP contribution in [0.3, 0.4) is 0 Å². The molecule has 0 aromatic rings. The quantitative estimate of drug-likeness (QED) is 0.609. The minimum absolute atomic E-state index is 0.275. The van der Waals surface area contributed by atoms with Gasteiger partial charge in [-0.05, 0) is 36.2 Å². The molecule has 0 aliphatic heterocycles. The van der Waals surface area contributed by atoms with Crippen LogP contribution < -0.4 is 0 Å². The summed E-state index contributed by atoms with van der Waals surface area (Å²) in [6, 6.07) is 0. The highest BCUT2D eigenvalue weighted by molar-refractivity contribution is 8.02. The molecule has 0 N–H and O–H groups in total. The average molecular weight is 208 g/mol. The average Bonchev–Trinajstić information content (AvgIpc) is 2.01. The van der Waals surface area contributed by atoms with Crippen molar-refractivity contribution >= 4 is 11.8 Å². The van der Waals surface area contributed by atoms with Crippen molar-refractivity contribution in [2.24, 2.45) is 5.41 Å². The zero-order valence-electron chi connectivity index (χ0n) is 9.63. The molecular formula is C13H20S. The van der Waals surface area contributed by atoms with Crippen LogP contribution in [0.15, 0.2) is 34.8 Å². The van der Waals surface area contributed by atoms with E-state index in [-0.39, 0.29) is 5.41 Å². The molecule has 14 heavy (non-hydrogen) atoms. The summed E-state index contributed by atoms with van der Waals surface area (Å²) < 4.78 is 0. The lowest BCUT2D eigenvalue weighted by Gasteiger charge is -2.21. The third-order valence-corrected chi connectivity index (χ3v) is 3.18. The molecule has 0 bridgehead atoms. The maximum atomic E-state index is 2.37. The largest absolute Gasteiger partial charge is 0.130 e. The highest BCUT2D eigenvalue weighted by Gasteiger charge is 2.14. The van der Waals surface area contributed by atoms with Crippen LogP contribution in [0.1, 0.15) is 33.6 Å². The Labute approximate surface area is 92.2 Å². The lowest BCUT2D eigenvalue weighted by molar-refractivity contribution is 0.514. The van der Waals surface area contributed by atoms with Crippen LogP contribution in [0.25, 0.3) is 0 Å². The standard InChI is InChI=1S/C13H20S/c1-13(2,3)11-7-5-6-8-12(14-4)10-9-11/h7-10H,5-6H2,1-4H3/b10-9-,11-7+,12-8?. The first kappa shape index (κ1) is 11.6. The monoisotopic (exact) mass is 208 g/mol. The molecule has 0 atom stereocenters. The van der Waals surface area contributed by atoms with Gasteiger partial charge in [-0.3, -0.25) is 0 Å². The van der Waals surface area contributed by atoms with Crippen molar-refractivity contribution in [3.8, 4) is 0 Å². The van der Waals surface area contributed by atoms with Gasteiger partial charge >= 0.3 is 0 Å². The minimum Gasteiger partial charge on any atom is -0.130 e. The van der Waals surface area contributed by atoms with Gasteiger partial charge in [0, 0.05) is 4.91 Å². The molecule has 0 saturated heterocycles. The summed E-state index contributed by atoms with van der Waals surface area (Å²) in [5.74, 6) is 0. The molecule has 0 saturated carbocycles. The van der Waals surface area contributed by atoms with E-state index in [9.17, 15) is 0 Å². The topological polar surface area (TPSA) is 0 Å². The summed E-state index contributed by atoms with van der Waals surface area (Å²) in [6.45, 7) is 6.81. The molecule has 1 aliphatic carbocycles. The molecule has 78 valence electrons. The summed E-state index contributed by atoms with van der Waals surface area (Å²) in [7, 11) is 0.